The average molecular weight is 307 g/mol. The molecule has 0 bridgehead atoms. The second kappa shape index (κ2) is 7.24. The Labute approximate surface area is 129 Å². The van der Waals surface area contributed by atoms with Gasteiger partial charge in [-0.15, -0.1) is 0 Å². The molecule has 1 aromatic carbocycles. The summed E-state index contributed by atoms with van der Waals surface area (Å²) in [5.74, 6) is -0.512. The van der Waals surface area contributed by atoms with E-state index < -0.39 is 12.1 Å². The van der Waals surface area contributed by atoms with E-state index in [2.05, 4.69) is 5.32 Å². The van der Waals surface area contributed by atoms with Crippen molar-refractivity contribution in [2.45, 2.75) is 51.2 Å². The largest absolute Gasteiger partial charge is 0.352 e. The van der Waals surface area contributed by atoms with Crippen molar-refractivity contribution < 1.29 is 14.0 Å². The van der Waals surface area contributed by atoms with E-state index >= 15 is 0 Å². The number of nitrogens with one attached hydrogen (secondary N) is 1. The van der Waals surface area contributed by atoms with E-state index in [1.54, 1.807) is 23.1 Å². The van der Waals surface area contributed by atoms with E-state index in [1.165, 1.54) is 6.07 Å². The van der Waals surface area contributed by atoms with Crippen LogP contribution in [0, 0.1) is 5.82 Å². The van der Waals surface area contributed by atoms with Gasteiger partial charge in [0.05, 0.1) is 0 Å². The summed E-state index contributed by atoms with van der Waals surface area (Å²) in [5.41, 5.74) is 5.63. The molecule has 120 valence electrons. The van der Waals surface area contributed by atoms with Crippen molar-refractivity contribution >= 4 is 11.9 Å². The highest BCUT2D eigenvalue weighted by Gasteiger charge is 2.36. The Kier molecular flexibility index (Phi) is 5.35. The van der Waals surface area contributed by atoms with E-state index in [4.69, 9.17) is 5.73 Å². The number of hydrogen-bond acceptors (Lipinski definition) is 2. The molecule has 1 aliphatic rings. The quantitative estimate of drug-likeness (QED) is 0.810. The topological polar surface area (TPSA) is 75.4 Å². The maximum Gasteiger partial charge on any atom is 0.312 e. The van der Waals surface area contributed by atoms with Crippen LogP contribution >= 0.6 is 0 Å². The van der Waals surface area contributed by atoms with Gasteiger partial charge in [-0.25, -0.2) is 9.18 Å². The monoisotopic (exact) mass is 307 g/mol. The van der Waals surface area contributed by atoms with Crippen LogP contribution < -0.4 is 11.1 Å². The van der Waals surface area contributed by atoms with Gasteiger partial charge >= 0.3 is 6.03 Å². The van der Waals surface area contributed by atoms with Gasteiger partial charge in [-0.3, -0.25) is 4.79 Å². The van der Waals surface area contributed by atoms with Crippen LogP contribution in [-0.2, 0) is 11.3 Å². The van der Waals surface area contributed by atoms with E-state index in [-0.39, 0.29) is 24.3 Å². The molecule has 0 aliphatic heterocycles. The first kappa shape index (κ1) is 16.3. The van der Waals surface area contributed by atoms with Gasteiger partial charge in [-0.2, -0.15) is 0 Å². The molecule has 0 unspecified atom stereocenters. The van der Waals surface area contributed by atoms with Crippen molar-refractivity contribution in [2.75, 3.05) is 0 Å². The Balaban J connectivity index is 2.14. The highest BCUT2D eigenvalue weighted by molar-refractivity contribution is 5.87. The number of nitrogens with two attached hydrogens (primary N) is 1. The van der Waals surface area contributed by atoms with Gasteiger partial charge in [-0.1, -0.05) is 31.5 Å². The fourth-order valence-corrected chi connectivity index (χ4v) is 2.50. The lowest BCUT2D eigenvalue weighted by atomic mass is 10.1. The minimum Gasteiger partial charge on any atom is -0.352 e. The molecule has 0 spiro atoms. The molecule has 3 amide bonds. The Morgan fingerprint density at radius 2 is 2.09 bits per heavy atom. The zero-order valence-corrected chi connectivity index (χ0v) is 12.7. The maximum atomic E-state index is 13.8. The van der Waals surface area contributed by atoms with Crippen LogP contribution in [0.25, 0.3) is 0 Å². The molecule has 0 saturated heterocycles. The zero-order chi connectivity index (χ0) is 16.1. The smallest absolute Gasteiger partial charge is 0.312 e. The molecular formula is C16H22FN3O2. The number of nitrogens with zero attached hydrogens (tertiary/aromatic N) is 1. The highest BCUT2D eigenvalue weighted by Crippen LogP contribution is 2.29. The lowest BCUT2D eigenvalue weighted by Crippen LogP contribution is -2.50. The molecule has 2 rings (SSSR count). The van der Waals surface area contributed by atoms with Crippen LogP contribution in [0.2, 0.25) is 0 Å². The third-order valence-corrected chi connectivity index (χ3v) is 3.76. The van der Waals surface area contributed by atoms with Crippen molar-refractivity contribution in [3.05, 3.63) is 35.6 Å². The summed E-state index contributed by atoms with van der Waals surface area (Å²) in [6.45, 7) is 2.15. The van der Waals surface area contributed by atoms with Crippen LogP contribution in [0.1, 0.15) is 38.2 Å². The minimum atomic E-state index is -0.714. The number of amides is 3. The van der Waals surface area contributed by atoms with Gasteiger partial charge in [0.1, 0.15) is 11.9 Å². The minimum absolute atomic E-state index is 0.126. The Hall–Kier alpha value is -2.11. The Morgan fingerprint density at radius 3 is 2.64 bits per heavy atom. The van der Waals surface area contributed by atoms with Crippen molar-refractivity contribution in [3.63, 3.8) is 0 Å². The molecule has 1 saturated carbocycles. The summed E-state index contributed by atoms with van der Waals surface area (Å²) in [5, 5.41) is 2.50. The molecule has 0 aromatic heterocycles. The second-order valence-corrected chi connectivity index (χ2v) is 5.64. The molecule has 22 heavy (non-hydrogen) atoms. The molecule has 0 heterocycles. The van der Waals surface area contributed by atoms with Crippen LogP contribution in [0.15, 0.2) is 24.3 Å². The average Bonchev–Trinajstić information content (AvgIpc) is 3.29. The van der Waals surface area contributed by atoms with E-state index in [0.717, 1.165) is 19.3 Å². The molecule has 1 aliphatic carbocycles. The van der Waals surface area contributed by atoms with Crippen LogP contribution in [0.5, 0.6) is 0 Å². The molecule has 1 fully saturated rings. The summed E-state index contributed by atoms with van der Waals surface area (Å²) in [6, 6.07) is 5.20. The number of halogens is 1. The molecular weight excluding hydrogens is 285 g/mol. The number of hydrogen-bond donors (Lipinski definition) is 2. The molecule has 1 aromatic rings. The number of benzene rings is 1. The van der Waals surface area contributed by atoms with E-state index in [9.17, 15) is 14.0 Å². The molecule has 5 nitrogen and oxygen atoms in total. The predicted octanol–water partition coefficient (Wildman–Crippen LogP) is 2.15. The van der Waals surface area contributed by atoms with Gasteiger partial charge < -0.3 is 16.0 Å². The van der Waals surface area contributed by atoms with Gasteiger partial charge in [0.2, 0.25) is 5.91 Å². The number of carbonyl (C=O) groups excluding carboxylic acids is 2. The van der Waals surface area contributed by atoms with E-state index in [1.807, 2.05) is 6.92 Å². The fourth-order valence-electron chi connectivity index (χ4n) is 2.50. The first-order valence-electron chi connectivity index (χ1n) is 7.62. The van der Waals surface area contributed by atoms with Gasteiger partial charge in [0.15, 0.2) is 0 Å². The maximum absolute atomic E-state index is 13.8. The van der Waals surface area contributed by atoms with Crippen molar-refractivity contribution in [3.8, 4) is 0 Å². The second-order valence-electron chi connectivity index (χ2n) is 5.64. The summed E-state index contributed by atoms with van der Waals surface area (Å²) < 4.78 is 13.8. The van der Waals surface area contributed by atoms with Crippen molar-refractivity contribution in [1.82, 2.24) is 10.2 Å². The van der Waals surface area contributed by atoms with Crippen LogP contribution in [0.4, 0.5) is 9.18 Å². The number of urea groups is 1. The Morgan fingerprint density at radius 1 is 1.41 bits per heavy atom. The van der Waals surface area contributed by atoms with Gasteiger partial charge in [0, 0.05) is 18.2 Å². The van der Waals surface area contributed by atoms with Crippen molar-refractivity contribution in [2.24, 2.45) is 5.73 Å². The lowest BCUT2D eigenvalue weighted by molar-refractivity contribution is -0.134. The summed E-state index contributed by atoms with van der Waals surface area (Å²) in [4.78, 5) is 25.5. The summed E-state index contributed by atoms with van der Waals surface area (Å²) in [6.07, 6.45) is 3.09. The third kappa shape index (κ3) is 4.19. The molecule has 1 atom stereocenters. The number of primary amides is 1. The van der Waals surface area contributed by atoms with Gasteiger partial charge in [0.25, 0.3) is 0 Å². The number of carbonyl (C=O) groups is 2. The lowest BCUT2D eigenvalue weighted by Gasteiger charge is -2.27. The predicted molar refractivity (Wildman–Crippen MR) is 81.4 cm³/mol. The SMILES string of the molecule is CCC[C@@H](NC(N)=O)C(=O)N(Cc1ccccc1F)C1CC1. The highest BCUT2D eigenvalue weighted by atomic mass is 19.1. The molecule has 3 N–H and O–H groups in total. The summed E-state index contributed by atoms with van der Waals surface area (Å²) >= 11 is 0. The first-order chi connectivity index (χ1) is 10.5. The third-order valence-electron chi connectivity index (χ3n) is 3.76. The standard InChI is InChI=1S/C16H22FN3O2/c1-2-5-14(19-16(18)22)15(21)20(12-8-9-12)10-11-6-3-4-7-13(11)17/h3-4,6-7,12,14H,2,5,8-10H2,1H3,(H3,18,19,22)/t14-/m1/s1. The fraction of sp³-hybridized carbons (Fsp3) is 0.500. The van der Waals surface area contributed by atoms with Crippen LogP contribution in [0.3, 0.4) is 0 Å². The van der Waals surface area contributed by atoms with Gasteiger partial charge in [-0.05, 0) is 25.3 Å². The normalized spacial score (nSPS) is 15.2. The zero-order valence-electron chi connectivity index (χ0n) is 12.7. The van der Waals surface area contributed by atoms with E-state index in [0.29, 0.717) is 12.0 Å². The molecule has 6 heteroatoms. The number of rotatable bonds is 7. The molecule has 0 radical (unpaired) electrons. The first-order valence-corrected chi connectivity index (χ1v) is 7.62. The summed E-state index contributed by atoms with van der Waals surface area (Å²) in [7, 11) is 0. The van der Waals surface area contributed by atoms with Crippen LogP contribution in [-0.4, -0.2) is 28.9 Å². The Bertz CT molecular complexity index is 546. The van der Waals surface area contributed by atoms with Crippen molar-refractivity contribution in [1.29, 1.82) is 0 Å².